The maximum atomic E-state index is 8.75. The van der Waals surface area contributed by atoms with E-state index in [1.807, 2.05) is 6.92 Å². The molecule has 0 aromatic rings. The van der Waals surface area contributed by atoms with Crippen LogP contribution < -0.4 is 0 Å². The summed E-state index contributed by atoms with van der Waals surface area (Å²) in [6.07, 6.45) is 6.76. The highest BCUT2D eigenvalue weighted by Gasteiger charge is 2.26. The van der Waals surface area contributed by atoms with Crippen LogP contribution in [0.4, 0.5) is 0 Å². The van der Waals surface area contributed by atoms with Gasteiger partial charge in [-0.2, -0.15) is 0 Å². The topological polar surface area (TPSA) is 20.2 Å². The van der Waals surface area contributed by atoms with Crippen molar-refractivity contribution in [3.63, 3.8) is 0 Å². The van der Waals surface area contributed by atoms with E-state index in [0.717, 1.165) is 0 Å². The van der Waals surface area contributed by atoms with Crippen molar-refractivity contribution in [2.45, 2.75) is 19.8 Å². The van der Waals surface area contributed by atoms with Crippen LogP contribution in [0.3, 0.4) is 0 Å². The molecule has 2 unspecified atom stereocenters. The van der Waals surface area contributed by atoms with E-state index >= 15 is 0 Å². The zero-order chi connectivity index (χ0) is 6.69. The molecule has 1 N–H and O–H groups in total. The molecule has 1 heteroatoms. The predicted molar refractivity (Wildman–Crippen MR) is 38.1 cm³/mol. The highest BCUT2D eigenvalue weighted by molar-refractivity contribution is 4.95. The minimum absolute atomic E-state index is 0.370. The van der Waals surface area contributed by atoms with Gasteiger partial charge in [-0.3, -0.25) is 0 Å². The van der Waals surface area contributed by atoms with Crippen LogP contribution in [0.15, 0.2) is 12.2 Å². The number of aliphatic hydroxyl groups is 1. The van der Waals surface area contributed by atoms with Gasteiger partial charge >= 0.3 is 0 Å². The Morgan fingerprint density at radius 3 is 2.67 bits per heavy atom. The van der Waals surface area contributed by atoms with Gasteiger partial charge in [-0.15, -0.1) is 0 Å². The maximum Gasteiger partial charge on any atom is 0.0464 e. The molecule has 0 saturated heterocycles. The number of hydrogen-bond acceptors (Lipinski definition) is 1. The Balaban J connectivity index is 2.27. The summed E-state index contributed by atoms with van der Waals surface area (Å²) < 4.78 is 0. The highest BCUT2D eigenvalue weighted by Crippen LogP contribution is 2.34. The summed E-state index contributed by atoms with van der Waals surface area (Å²) in [4.78, 5) is 0. The van der Waals surface area contributed by atoms with Gasteiger partial charge in [0.15, 0.2) is 0 Å². The zero-order valence-electron chi connectivity index (χ0n) is 5.88. The molecule has 1 nitrogen and oxygen atoms in total. The second kappa shape index (κ2) is 3.02. The van der Waals surface area contributed by atoms with E-state index < -0.39 is 0 Å². The van der Waals surface area contributed by atoms with Gasteiger partial charge in [0.2, 0.25) is 0 Å². The van der Waals surface area contributed by atoms with Crippen molar-refractivity contribution < 1.29 is 5.11 Å². The summed E-state index contributed by atoms with van der Waals surface area (Å²) in [5, 5.41) is 8.75. The molecule has 1 aliphatic carbocycles. The average Bonchev–Trinajstić information content (AvgIpc) is 1.82. The second-order valence-electron chi connectivity index (χ2n) is 2.71. The lowest BCUT2D eigenvalue weighted by atomic mass is 9.74. The van der Waals surface area contributed by atoms with Crippen molar-refractivity contribution >= 4 is 0 Å². The normalized spacial score (nSPS) is 34.9. The van der Waals surface area contributed by atoms with Crippen LogP contribution in [0, 0.1) is 11.8 Å². The van der Waals surface area contributed by atoms with E-state index in [0.29, 0.717) is 18.4 Å². The maximum absolute atomic E-state index is 8.75. The second-order valence-corrected chi connectivity index (χ2v) is 2.71. The molecule has 52 valence electrons. The van der Waals surface area contributed by atoms with Crippen LogP contribution in [0.25, 0.3) is 0 Å². The van der Waals surface area contributed by atoms with E-state index in [1.165, 1.54) is 12.8 Å². The van der Waals surface area contributed by atoms with Gasteiger partial charge in [0.05, 0.1) is 0 Å². The zero-order valence-corrected chi connectivity index (χ0v) is 5.88. The standard InChI is InChI=1S/C8H14O/c1-2-3-7-4-5-8(7)6-9/h2-3,7-9H,4-6H2,1H3/b3-2+. The SMILES string of the molecule is C/C=C/C1CCC1CO. The Kier molecular flexibility index (Phi) is 2.29. The monoisotopic (exact) mass is 126 g/mol. The molecular weight excluding hydrogens is 112 g/mol. The van der Waals surface area contributed by atoms with Gasteiger partial charge in [-0.25, -0.2) is 0 Å². The summed E-state index contributed by atoms with van der Waals surface area (Å²) >= 11 is 0. The highest BCUT2D eigenvalue weighted by atomic mass is 16.3. The molecule has 1 saturated carbocycles. The van der Waals surface area contributed by atoms with Crippen LogP contribution in [0.2, 0.25) is 0 Å². The molecule has 2 atom stereocenters. The van der Waals surface area contributed by atoms with Gasteiger partial charge in [0.1, 0.15) is 0 Å². The van der Waals surface area contributed by atoms with Crippen molar-refractivity contribution in [1.82, 2.24) is 0 Å². The Morgan fingerprint density at radius 1 is 1.56 bits per heavy atom. The van der Waals surface area contributed by atoms with Crippen LogP contribution >= 0.6 is 0 Å². The van der Waals surface area contributed by atoms with Crippen LogP contribution in [0.1, 0.15) is 19.8 Å². The first-order valence-electron chi connectivity index (χ1n) is 3.62. The smallest absolute Gasteiger partial charge is 0.0464 e. The van der Waals surface area contributed by atoms with Crippen molar-refractivity contribution in [1.29, 1.82) is 0 Å². The van der Waals surface area contributed by atoms with E-state index in [2.05, 4.69) is 12.2 Å². The van der Waals surface area contributed by atoms with Crippen molar-refractivity contribution in [2.24, 2.45) is 11.8 Å². The molecule has 0 aromatic carbocycles. The average molecular weight is 126 g/mol. The molecule has 0 radical (unpaired) electrons. The lowest BCUT2D eigenvalue weighted by molar-refractivity contribution is 0.119. The molecule has 1 aliphatic rings. The van der Waals surface area contributed by atoms with Crippen molar-refractivity contribution in [2.75, 3.05) is 6.61 Å². The predicted octanol–water partition coefficient (Wildman–Crippen LogP) is 1.58. The first-order valence-corrected chi connectivity index (χ1v) is 3.62. The Labute approximate surface area is 56.4 Å². The van der Waals surface area contributed by atoms with Crippen LogP contribution in [0.5, 0.6) is 0 Å². The van der Waals surface area contributed by atoms with Gasteiger partial charge in [0.25, 0.3) is 0 Å². The summed E-state index contributed by atoms with van der Waals surface area (Å²) in [7, 11) is 0. The van der Waals surface area contributed by atoms with E-state index in [4.69, 9.17) is 5.11 Å². The van der Waals surface area contributed by atoms with Gasteiger partial charge < -0.3 is 5.11 Å². The third kappa shape index (κ3) is 1.33. The molecule has 0 amide bonds. The fraction of sp³-hybridized carbons (Fsp3) is 0.750. The number of allylic oxidation sites excluding steroid dienone is 2. The molecule has 1 rings (SSSR count). The Morgan fingerprint density at radius 2 is 2.33 bits per heavy atom. The fourth-order valence-corrected chi connectivity index (χ4v) is 1.32. The fourth-order valence-electron chi connectivity index (χ4n) is 1.32. The molecule has 0 aliphatic heterocycles. The number of aliphatic hydroxyl groups excluding tert-OH is 1. The molecule has 9 heavy (non-hydrogen) atoms. The van der Waals surface area contributed by atoms with E-state index in [1.54, 1.807) is 0 Å². The van der Waals surface area contributed by atoms with Gasteiger partial charge in [0, 0.05) is 6.61 Å². The lowest BCUT2D eigenvalue weighted by Crippen LogP contribution is -2.26. The Bertz CT molecular complexity index is 105. The molecule has 0 bridgehead atoms. The Hall–Kier alpha value is -0.300. The van der Waals surface area contributed by atoms with E-state index in [-0.39, 0.29) is 0 Å². The molecule has 0 heterocycles. The lowest BCUT2D eigenvalue weighted by Gasteiger charge is -2.32. The molecule has 1 fully saturated rings. The summed E-state index contributed by atoms with van der Waals surface area (Å²) in [6, 6.07) is 0. The third-order valence-electron chi connectivity index (χ3n) is 2.15. The van der Waals surface area contributed by atoms with Crippen LogP contribution in [-0.4, -0.2) is 11.7 Å². The third-order valence-corrected chi connectivity index (χ3v) is 2.15. The van der Waals surface area contributed by atoms with Crippen molar-refractivity contribution in [3.8, 4) is 0 Å². The van der Waals surface area contributed by atoms with E-state index in [9.17, 15) is 0 Å². The number of rotatable bonds is 2. The largest absolute Gasteiger partial charge is 0.396 e. The molecule has 0 spiro atoms. The van der Waals surface area contributed by atoms with Gasteiger partial charge in [-0.1, -0.05) is 12.2 Å². The first-order chi connectivity index (χ1) is 4.38. The first kappa shape index (κ1) is 6.81. The van der Waals surface area contributed by atoms with Crippen LogP contribution in [-0.2, 0) is 0 Å². The van der Waals surface area contributed by atoms with Gasteiger partial charge in [-0.05, 0) is 31.6 Å². The summed E-state index contributed by atoms with van der Waals surface area (Å²) in [5.74, 6) is 1.25. The minimum atomic E-state index is 0.370. The number of hydrogen-bond donors (Lipinski definition) is 1. The quantitative estimate of drug-likeness (QED) is 0.557. The minimum Gasteiger partial charge on any atom is -0.396 e. The molecule has 0 aromatic heterocycles. The summed E-state index contributed by atoms with van der Waals surface area (Å²) in [5.41, 5.74) is 0. The summed E-state index contributed by atoms with van der Waals surface area (Å²) in [6.45, 7) is 2.40. The van der Waals surface area contributed by atoms with Crippen molar-refractivity contribution in [3.05, 3.63) is 12.2 Å². The molecular formula is C8H14O.